The molecule has 0 heterocycles. The van der Waals surface area contributed by atoms with Crippen LogP contribution >= 0.6 is 23.5 Å². The Morgan fingerprint density at radius 1 is 1.00 bits per heavy atom. The molecule has 6 heteroatoms. The first-order chi connectivity index (χ1) is 5.54. The fourth-order valence-corrected chi connectivity index (χ4v) is 0.933. The number of rotatable bonds is 2. The van der Waals surface area contributed by atoms with Crippen LogP contribution < -0.4 is 11.5 Å². The Labute approximate surface area is 81.9 Å². The van der Waals surface area contributed by atoms with E-state index in [-0.39, 0.29) is 10.3 Å². The highest BCUT2D eigenvalue weighted by atomic mass is 32.2. The minimum absolute atomic E-state index is 0.206. The van der Waals surface area contributed by atoms with Crippen LogP contribution in [0.3, 0.4) is 0 Å². The average molecular weight is 208 g/mol. The summed E-state index contributed by atoms with van der Waals surface area (Å²) in [5, 5.41) is 13.7. The van der Waals surface area contributed by atoms with Crippen molar-refractivity contribution in [2.45, 2.75) is 13.8 Å². The van der Waals surface area contributed by atoms with Crippen LogP contribution in [-0.2, 0) is 0 Å². The van der Waals surface area contributed by atoms with Crippen molar-refractivity contribution in [1.29, 1.82) is 10.8 Å². The molecule has 0 saturated carbocycles. The van der Waals surface area contributed by atoms with Crippen molar-refractivity contribution in [3.05, 3.63) is 0 Å². The second kappa shape index (κ2) is 10.6. The maximum Gasteiger partial charge on any atom is 0.151 e. The molecule has 0 unspecified atom stereocenters. The van der Waals surface area contributed by atoms with Crippen molar-refractivity contribution < 1.29 is 0 Å². The zero-order valence-corrected chi connectivity index (χ0v) is 9.02. The predicted octanol–water partition coefficient (Wildman–Crippen LogP) is 1.27. The van der Waals surface area contributed by atoms with Gasteiger partial charge in [0.05, 0.1) is 0 Å². The van der Waals surface area contributed by atoms with Gasteiger partial charge in [-0.1, -0.05) is 37.4 Å². The quantitative estimate of drug-likeness (QED) is 0.405. The zero-order valence-electron chi connectivity index (χ0n) is 7.39. The van der Waals surface area contributed by atoms with Crippen molar-refractivity contribution in [2.24, 2.45) is 11.5 Å². The van der Waals surface area contributed by atoms with Gasteiger partial charge >= 0.3 is 0 Å². The lowest BCUT2D eigenvalue weighted by Gasteiger charge is -1.85. The average Bonchev–Trinajstić information content (AvgIpc) is 1.87. The molecule has 0 aliphatic rings. The maximum atomic E-state index is 6.64. The number of nitrogens with one attached hydrogen (secondary N) is 2. The highest BCUT2D eigenvalue weighted by Gasteiger charge is 1.79. The lowest BCUT2D eigenvalue weighted by molar-refractivity contribution is 1.49. The third-order valence-corrected chi connectivity index (χ3v) is 1.80. The SMILES string of the molecule is CCSC(=N)N.CCSC(=N)N. The molecule has 12 heavy (non-hydrogen) atoms. The van der Waals surface area contributed by atoms with Crippen molar-refractivity contribution in [1.82, 2.24) is 0 Å². The molecule has 6 N–H and O–H groups in total. The maximum absolute atomic E-state index is 6.64. The highest BCUT2D eigenvalue weighted by molar-refractivity contribution is 8.13. The second-order valence-corrected chi connectivity index (χ2v) is 4.21. The van der Waals surface area contributed by atoms with E-state index >= 15 is 0 Å². The predicted molar refractivity (Wildman–Crippen MR) is 60.1 cm³/mol. The molecule has 0 saturated heterocycles. The molecule has 4 nitrogen and oxygen atoms in total. The summed E-state index contributed by atoms with van der Waals surface area (Å²) in [6, 6.07) is 0. The number of hydrogen-bond acceptors (Lipinski definition) is 4. The van der Waals surface area contributed by atoms with Gasteiger partial charge in [-0.25, -0.2) is 0 Å². The molecule has 0 fully saturated rings. The van der Waals surface area contributed by atoms with E-state index < -0.39 is 0 Å². The topological polar surface area (TPSA) is 99.7 Å². The Morgan fingerprint density at radius 2 is 1.25 bits per heavy atom. The van der Waals surface area contributed by atoms with Gasteiger partial charge in [-0.05, 0) is 11.5 Å². The minimum Gasteiger partial charge on any atom is -0.379 e. The summed E-state index contributed by atoms with van der Waals surface area (Å²) in [5.41, 5.74) is 9.90. The molecule has 0 aromatic rings. The Bertz CT molecular complexity index is 122. The van der Waals surface area contributed by atoms with Crippen LogP contribution in [0, 0.1) is 10.8 Å². The van der Waals surface area contributed by atoms with Gasteiger partial charge in [0, 0.05) is 0 Å². The van der Waals surface area contributed by atoms with Gasteiger partial charge in [0.1, 0.15) is 0 Å². The fraction of sp³-hybridized carbons (Fsp3) is 0.667. The number of thioether (sulfide) groups is 2. The van der Waals surface area contributed by atoms with Crippen LogP contribution in [-0.4, -0.2) is 21.8 Å². The minimum atomic E-state index is 0.206. The molecule has 0 radical (unpaired) electrons. The highest BCUT2D eigenvalue weighted by Crippen LogP contribution is 1.93. The van der Waals surface area contributed by atoms with E-state index in [9.17, 15) is 0 Å². The molecule has 0 aromatic carbocycles. The number of nitrogens with two attached hydrogens (primary N) is 2. The third kappa shape index (κ3) is 22.6. The van der Waals surface area contributed by atoms with Gasteiger partial charge in [-0.2, -0.15) is 0 Å². The van der Waals surface area contributed by atoms with Crippen molar-refractivity contribution in [3.8, 4) is 0 Å². The summed E-state index contributed by atoms with van der Waals surface area (Å²) in [4.78, 5) is 0. The van der Waals surface area contributed by atoms with E-state index in [4.69, 9.17) is 22.3 Å². The summed E-state index contributed by atoms with van der Waals surface area (Å²) in [6.45, 7) is 3.93. The summed E-state index contributed by atoms with van der Waals surface area (Å²) in [5.74, 6) is 1.80. The number of amidine groups is 2. The standard InChI is InChI=1S/2C3H8N2S/c2*1-2-6-3(4)5/h2*2H2,1H3,(H3,4,5). The lowest BCUT2D eigenvalue weighted by atomic mass is 11.0. The second-order valence-electron chi connectivity index (χ2n) is 1.59. The molecular weight excluding hydrogens is 192 g/mol. The van der Waals surface area contributed by atoms with Crippen LogP contribution in [0.2, 0.25) is 0 Å². The third-order valence-electron chi connectivity index (χ3n) is 0.600. The molecule has 0 atom stereocenters. The molecule has 0 bridgehead atoms. The molecule has 0 rings (SSSR count). The first kappa shape index (κ1) is 14.2. The van der Waals surface area contributed by atoms with E-state index in [0.29, 0.717) is 0 Å². The summed E-state index contributed by atoms with van der Waals surface area (Å²) >= 11 is 2.69. The van der Waals surface area contributed by atoms with Crippen LogP contribution in [0.1, 0.15) is 13.8 Å². The molecule has 0 aliphatic carbocycles. The van der Waals surface area contributed by atoms with Crippen molar-refractivity contribution in [2.75, 3.05) is 11.5 Å². The molecule has 0 aromatic heterocycles. The van der Waals surface area contributed by atoms with Crippen molar-refractivity contribution >= 4 is 33.9 Å². The van der Waals surface area contributed by atoms with Crippen LogP contribution in [0.15, 0.2) is 0 Å². The van der Waals surface area contributed by atoms with E-state index in [1.807, 2.05) is 13.8 Å². The van der Waals surface area contributed by atoms with E-state index in [2.05, 4.69) is 0 Å². The summed E-state index contributed by atoms with van der Waals surface area (Å²) in [6.07, 6.45) is 0. The summed E-state index contributed by atoms with van der Waals surface area (Å²) < 4.78 is 0. The van der Waals surface area contributed by atoms with Gasteiger partial charge in [0.2, 0.25) is 0 Å². The largest absolute Gasteiger partial charge is 0.379 e. The molecule has 0 aliphatic heterocycles. The molecule has 0 amide bonds. The van der Waals surface area contributed by atoms with E-state index in [1.165, 1.54) is 23.5 Å². The lowest BCUT2D eigenvalue weighted by Crippen LogP contribution is -2.02. The number of hydrogen-bond donors (Lipinski definition) is 4. The Kier molecular flexibility index (Phi) is 12.6. The normalized spacial score (nSPS) is 8.17. The van der Waals surface area contributed by atoms with Crippen LogP contribution in [0.4, 0.5) is 0 Å². The van der Waals surface area contributed by atoms with Gasteiger partial charge < -0.3 is 11.5 Å². The van der Waals surface area contributed by atoms with Crippen LogP contribution in [0.25, 0.3) is 0 Å². The Balaban J connectivity index is 0. The van der Waals surface area contributed by atoms with Crippen molar-refractivity contribution in [3.63, 3.8) is 0 Å². The zero-order chi connectivity index (χ0) is 9.98. The molecule has 0 spiro atoms. The van der Waals surface area contributed by atoms with Gasteiger partial charge in [-0.15, -0.1) is 0 Å². The molecular formula is C6H16N4S2. The van der Waals surface area contributed by atoms with E-state index in [1.54, 1.807) is 0 Å². The Hall–Kier alpha value is -0.360. The summed E-state index contributed by atoms with van der Waals surface area (Å²) in [7, 11) is 0. The fourth-order valence-electron chi connectivity index (χ4n) is 0.311. The first-order valence-electron chi connectivity index (χ1n) is 3.48. The monoisotopic (exact) mass is 208 g/mol. The van der Waals surface area contributed by atoms with Gasteiger partial charge in [-0.3, -0.25) is 10.8 Å². The van der Waals surface area contributed by atoms with Crippen LogP contribution in [0.5, 0.6) is 0 Å². The first-order valence-corrected chi connectivity index (χ1v) is 5.45. The smallest absolute Gasteiger partial charge is 0.151 e. The Morgan fingerprint density at radius 3 is 1.25 bits per heavy atom. The molecule has 72 valence electrons. The van der Waals surface area contributed by atoms with Gasteiger partial charge in [0.15, 0.2) is 10.3 Å². The van der Waals surface area contributed by atoms with Gasteiger partial charge in [0.25, 0.3) is 0 Å². The van der Waals surface area contributed by atoms with E-state index in [0.717, 1.165) is 11.5 Å².